The molecule has 0 amide bonds. The summed E-state index contributed by atoms with van der Waals surface area (Å²) in [5.41, 5.74) is 8.11. The van der Waals surface area contributed by atoms with E-state index in [9.17, 15) is 0 Å². The molecule has 3 rings (SSSR count). The minimum atomic E-state index is 0.480. The Hall–Kier alpha value is -1.32. The molecule has 1 aromatic heterocycles. The van der Waals surface area contributed by atoms with E-state index in [4.69, 9.17) is 10.2 Å². The Labute approximate surface area is 120 Å². The van der Waals surface area contributed by atoms with Crippen molar-refractivity contribution in [2.75, 3.05) is 13.1 Å². The van der Waals surface area contributed by atoms with Crippen LogP contribution in [0.3, 0.4) is 0 Å². The number of fused-ring (bicyclic) bond motifs is 1. The third kappa shape index (κ3) is 2.74. The summed E-state index contributed by atoms with van der Waals surface area (Å²) < 4.78 is 5.89. The second-order valence-electron chi connectivity index (χ2n) is 6.02. The van der Waals surface area contributed by atoms with E-state index >= 15 is 0 Å². The number of para-hydroxylation sites is 1. The van der Waals surface area contributed by atoms with Gasteiger partial charge in [-0.15, -0.1) is 0 Å². The van der Waals surface area contributed by atoms with Crippen molar-refractivity contribution in [1.82, 2.24) is 4.90 Å². The highest BCUT2D eigenvalue weighted by atomic mass is 16.3. The number of furan rings is 1. The molecule has 1 aromatic carbocycles. The van der Waals surface area contributed by atoms with Crippen molar-refractivity contribution < 1.29 is 4.42 Å². The molecule has 0 radical (unpaired) electrons. The molecule has 2 heterocycles. The lowest BCUT2D eigenvalue weighted by molar-refractivity contribution is 0.272. The maximum absolute atomic E-state index is 5.89. The maximum atomic E-state index is 5.89. The second kappa shape index (κ2) is 5.98. The molecule has 3 heteroatoms. The van der Waals surface area contributed by atoms with Crippen LogP contribution in [-0.4, -0.2) is 18.0 Å². The van der Waals surface area contributed by atoms with Gasteiger partial charge >= 0.3 is 0 Å². The highest BCUT2D eigenvalue weighted by Crippen LogP contribution is 2.28. The molecular formula is C17H24N2O. The molecule has 3 nitrogen and oxygen atoms in total. The van der Waals surface area contributed by atoms with Crippen LogP contribution >= 0.6 is 0 Å². The molecule has 0 spiro atoms. The number of hydrogen-bond donors (Lipinski definition) is 1. The van der Waals surface area contributed by atoms with Crippen molar-refractivity contribution in [3.63, 3.8) is 0 Å². The minimum absolute atomic E-state index is 0.480. The Bertz CT molecular complexity index is 575. The van der Waals surface area contributed by atoms with Gasteiger partial charge in [0.1, 0.15) is 11.3 Å². The van der Waals surface area contributed by atoms with E-state index in [1.54, 1.807) is 0 Å². The Kier molecular flexibility index (Phi) is 4.08. The van der Waals surface area contributed by atoms with Gasteiger partial charge in [0.05, 0.1) is 6.54 Å². The first-order chi connectivity index (χ1) is 9.78. The van der Waals surface area contributed by atoms with Crippen molar-refractivity contribution in [2.24, 2.45) is 11.7 Å². The number of rotatable bonds is 3. The van der Waals surface area contributed by atoms with Gasteiger partial charge in [-0.2, -0.15) is 0 Å². The highest BCUT2D eigenvalue weighted by molar-refractivity contribution is 5.82. The van der Waals surface area contributed by atoms with E-state index in [-0.39, 0.29) is 0 Å². The molecule has 1 atom stereocenters. The van der Waals surface area contributed by atoms with E-state index in [1.165, 1.54) is 43.3 Å². The quantitative estimate of drug-likeness (QED) is 0.929. The molecule has 1 unspecified atom stereocenters. The smallest absolute Gasteiger partial charge is 0.134 e. The molecule has 0 aliphatic carbocycles. The van der Waals surface area contributed by atoms with Crippen LogP contribution in [0.2, 0.25) is 0 Å². The van der Waals surface area contributed by atoms with Crippen molar-refractivity contribution >= 4 is 11.0 Å². The maximum Gasteiger partial charge on any atom is 0.134 e. The number of likely N-dealkylation sites (tertiary alicyclic amines) is 1. The van der Waals surface area contributed by atoms with Crippen LogP contribution in [0, 0.1) is 5.92 Å². The van der Waals surface area contributed by atoms with E-state index in [2.05, 4.69) is 24.0 Å². The number of nitrogens with two attached hydrogens (primary N) is 1. The SMILES string of the molecule is CC1CCCN(Cc2c(CN)oc3ccccc23)CC1. The fraction of sp³-hybridized carbons (Fsp3) is 0.529. The summed E-state index contributed by atoms with van der Waals surface area (Å²) in [5, 5.41) is 1.23. The first kappa shape index (κ1) is 13.7. The van der Waals surface area contributed by atoms with Crippen LogP contribution < -0.4 is 5.73 Å². The van der Waals surface area contributed by atoms with Gasteiger partial charge in [-0.3, -0.25) is 4.90 Å². The Morgan fingerprint density at radius 2 is 2.10 bits per heavy atom. The predicted octanol–water partition coefficient (Wildman–Crippen LogP) is 3.51. The third-order valence-electron chi connectivity index (χ3n) is 4.46. The van der Waals surface area contributed by atoms with Gasteiger partial charge in [-0.05, 0) is 44.3 Å². The third-order valence-corrected chi connectivity index (χ3v) is 4.46. The van der Waals surface area contributed by atoms with Crippen LogP contribution in [0.4, 0.5) is 0 Å². The molecule has 0 saturated carbocycles. The molecule has 1 saturated heterocycles. The molecule has 1 aliphatic rings. The second-order valence-corrected chi connectivity index (χ2v) is 6.02. The Balaban J connectivity index is 1.85. The fourth-order valence-corrected chi connectivity index (χ4v) is 3.19. The van der Waals surface area contributed by atoms with Gasteiger partial charge in [0, 0.05) is 17.5 Å². The normalized spacial score (nSPS) is 21.2. The summed E-state index contributed by atoms with van der Waals surface area (Å²) in [4.78, 5) is 2.56. The van der Waals surface area contributed by atoms with Crippen LogP contribution in [0.25, 0.3) is 11.0 Å². The summed E-state index contributed by atoms with van der Waals surface area (Å²) >= 11 is 0. The Morgan fingerprint density at radius 1 is 1.25 bits per heavy atom. The molecule has 1 fully saturated rings. The van der Waals surface area contributed by atoms with Crippen LogP contribution in [0.5, 0.6) is 0 Å². The zero-order valence-electron chi connectivity index (χ0n) is 12.3. The summed E-state index contributed by atoms with van der Waals surface area (Å²) in [6.45, 7) is 6.19. The summed E-state index contributed by atoms with van der Waals surface area (Å²) in [5.74, 6) is 1.80. The lowest BCUT2D eigenvalue weighted by Gasteiger charge is -2.20. The van der Waals surface area contributed by atoms with Crippen molar-refractivity contribution in [1.29, 1.82) is 0 Å². The van der Waals surface area contributed by atoms with Gasteiger partial charge in [0.15, 0.2) is 0 Å². The largest absolute Gasteiger partial charge is 0.459 e. The zero-order valence-corrected chi connectivity index (χ0v) is 12.3. The molecule has 108 valence electrons. The topological polar surface area (TPSA) is 42.4 Å². The summed E-state index contributed by atoms with van der Waals surface area (Å²) in [6.07, 6.45) is 3.95. The van der Waals surface area contributed by atoms with E-state index in [0.29, 0.717) is 6.54 Å². The minimum Gasteiger partial charge on any atom is -0.459 e. The number of nitrogens with zero attached hydrogens (tertiary/aromatic N) is 1. The fourth-order valence-electron chi connectivity index (χ4n) is 3.19. The zero-order chi connectivity index (χ0) is 13.9. The van der Waals surface area contributed by atoms with Crippen LogP contribution in [0.1, 0.15) is 37.5 Å². The lowest BCUT2D eigenvalue weighted by atomic mass is 10.0. The first-order valence-electron chi connectivity index (χ1n) is 7.69. The molecular weight excluding hydrogens is 248 g/mol. The monoisotopic (exact) mass is 272 g/mol. The van der Waals surface area contributed by atoms with Gasteiger partial charge in [-0.1, -0.05) is 25.1 Å². The van der Waals surface area contributed by atoms with Gasteiger partial charge in [-0.25, -0.2) is 0 Å². The predicted molar refractivity (Wildman–Crippen MR) is 82.4 cm³/mol. The summed E-state index contributed by atoms with van der Waals surface area (Å²) in [6, 6.07) is 8.27. The average Bonchev–Trinajstić information content (AvgIpc) is 2.69. The van der Waals surface area contributed by atoms with E-state index in [0.717, 1.165) is 23.8 Å². The number of hydrogen-bond acceptors (Lipinski definition) is 3. The molecule has 20 heavy (non-hydrogen) atoms. The average molecular weight is 272 g/mol. The number of benzene rings is 1. The van der Waals surface area contributed by atoms with Gasteiger partial charge in [0.2, 0.25) is 0 Å². The van der Waals surface area contributed by atoms with E-state index < -0.39 is 0 Å². The lowest BCUT2D eigenvalue weighted by Crippen LogP contribution is -2.24. The summed E-state index contributed by atoms with van der Waals surface area (Å²) in [7, 11) is 0. The standard InChI is InChI=1S/C17H24N2O/c1-13-5-4-9-19(10-8-13)12-15-14-6-2-3-7-16(14)20-17(15)11-18/h2-3,6-7,13H,4-5,8-12,18H2,1H3. The highest BCUT2D eigenvalue weighted by Gasteiger charge is 2.18. The van der Waals surface area contributed by atoms with Crippen molar-refractivity contribution in [3.8, 4) is 0 Å². The molecule has 2 aromatic rings. The first-order valence-corrected chi connectivity index (χ1v) is 7.69. The molecule has 0 bridgehead atoms. The molecule has 2 N–H and O–H groups in total. The molecule has 1 aliphatic heterocycles. The van der Waals surface area contributed by atoms with Crippen molar-refractivity contribution in [2.45, 2.75) is 39.3 Å². The van der Waals surface area contributed by atoms with Gasteiger partial charge in [0.25, 0.3) is 0 Å². The Morgan fingerprint density at radius 3 is 2.95 bits per heavy atom. The van der Waals surface area contributed by atoms with Crippen LogP contribution in [-0.2, 0) is 13.1 Å². The van der Waals surface area contributed by atoms with Crippen molar-refractivity contribution in [3.05, 3.63) is 35.6 Å². The van der Waals surface area contributed by atoms with E-state index in [1.807, 2.05) is 12.1 Å². The van der Waals surface area contributed by atoms with Crippen LogP contribution in [0.15, 0.2) is 28.7 Å². The van der Waals surface area contributed by atoms with Gasteiger partial charge < -0.3 is 10.2 Å².